The molecule has 0 aromatic heterocycles. The van der Waals surface area contributed by atoms with E-state index in [4.69, 9.17) is 10.9 Å². The van der Waals surface area contributed by atoms with E-state index in [0.717, 1.165) is 12.3 Å². The first-order valence-corrected chi connectivity index (χ1v) is 6.47. The lowest BCUT2D eigenvalue weighted by molar-refractivity contribution is 0.318. The van der Waals surface area contributed by atoms with Crippen molar-refractivity contribution < 1.29 is 9.60 Å². The summed E-state index contributed by atoms with van der Waals surface area (Å²) in [4.78, 5) is 1.88. The summed E-state index contributed by atoms with van der Waals surface area (Å²) in [6.07, 6.45) is 2.00. The Bertz CT molecular complexity index is 412. The topological polar surface area (TPSA) is 61.8 Å². The second kappa shape index (κ2) is 6.34. The Balaban J connectivity index is 3.10. The molecule has 0 atom stereocenters. The van der Waals surface area contributed by atoms with Gasteiger partial charge >= 0.3 is 0 Å². The van der Waals surface area contributed by atoms with Crippen molar-refractivity contribution in [2.45, 2.75) is 0 Å². The molecule has 0 saturated carbocycles. The van der Waals surface area contributed by atoms with Crippen LogP contribution < -0.4 is 10.6 Å². The van der Waals surface area contributed by atoms with E-state index in [1.54, 1.807) is 23.9 Å². The van der Waals surface area contributed by atoms with Crippen LogP contribution in [0.1, 0.15) is 5.56 Å². The molecule has 0 aliphatic rings. The van der Waals surface area contributed by atoms with Crippen molar-refractivity contribution in [2.24, 2.45) is 10.9 Å². The fourth-order valence-electron chi connectivity index (χ4n) is 1.48. The van der Waals surface area contributed by atoms with Gasteiger partial charge in [-0.05, 0) is 18.4 Å². The third-order valence-corrected chi connectivity index (χ3v) is 2.99. The first-order chi connectivity index (χ1) is 8.11. The number of nitrogens with zero attached hydrogens (tertiary/aromatic N) is 2. The summed E-state index contributed by atoms with van der Waals surface area (Å²) in [5.41, 5.74) is 6.25. The zero-order valence-electron chi connectivity index (χ0n) is 9.85. The van der Waals surface area contributed by atoms with Crippen molar-refractivity contribution >= 4 is 23.3 Å². The van der Waals surface area contributed by atoms with Gasteiger partial charge in [-0.2, -0.15) is 11.8 Å². The molecule has 0 unspecified atom stereocenters. The number of benzene rings is 1. The quantitative estimate of drug-likeness (QED) is 0.365. The van der Waals surface area contributed by atoms with Crippen LogP contribution >= 0.6 is 11.8 Å². The number of hydrogen-bond donors (Lipinski definition) is 2. The first kappa shape index (κ1) is 13.6. The lowest BCUT2D eigenvalue weighted by Crippen LogP contribution is -2.25. The molecular formula is C11H16FN3OS. The standard InChI is InChI=1S/C11H16FN3OS/c1-15(6-7-17-2)9-5-3-4-8(12)10(9)11(13)14-16/h3-5,16H,6-7H2,1-2H3,(H2,13,14). The zero-order valence-corrected chi connectivity index (χ0v) is 10.7. The Morgan fingerprint density at radius 2 is 2.29 bits per heavy atom. The van der Waals surface area contributed by atoms with Crippen LogP contribution in [-0.2, 0) is 0 Å². The molecule has 4 nitrogen and oxygen atoms in total. The molecule has 3 N–H and O–H groups in total. The number of nitrogens with two attached hydrogens (primary N) is 1. The Morgan fingerprint density at radius 1 is 1.59 bits per heavy atom. The first-order valence-electron chi connectivity index (χ1n) is 5.08. The van der Waals surface area contributed by atoms with E-state index in [1.165, 1.54) is 6.07 Å². The van der Waals surface area contributed by atoms with E-state index >= 15 is 0 Å². The SMILES string of the molecule is CSCCN(C)c1cccc(F)c1/C(N)=N/O. The second-order valence-corrected chi connectivity index (χ2v) is 4.52. The smallest absolute Gasteiger partial charge is 0.175 e. The molecule has 1 rings (SSSR count). The van der Waals surface area contributed by atoms with Crippen molar-refractivity contribution in [3.63, 3.8) is 0 Å². The maximum absolute atomic E-state index is 13.7. The Morgan fingerprint density at radius 3 is 2.88 bits per heavy atom. The van der Waals surface area contributed by atoms with Crippen molar-refractivity contribution in [1.82, 2.24) is 0 Å². The summed E-state index contributed by atoms with van der Waals surface area (Å²) in [7, 11) is 1.85. The molecule has 1 aromatic carbocycles. The maximum Gasteiger partial charge on any atom is 0.175 e. The summed E-state index contributed by atoms with van der Waals surface area (Å²) in [6.45, 7) is 0.760. The van der Waals surface area contributed by atoms with E-state index in [-0.39, 0.29) is 11.4 Å². The van der Waals surface area contributed by atoms with Gasteiger partial charge < -0.3 is 15.8 Å². The minimum Gasteiger partial charge on any atom is -0.409 e. The molecule has 6 heteroatoms. The van der Waals surface area contributed by atoms with Crippen LogP contribution in [0, 0.1) is 5.82 Å². The van der Waals surface area contributed by atoms with Gasteiger partial charge in [0.15, 0.2) is 5.84 Å². The Labute approximate surface area is 104 Å². The van der Waals surface area contributed by atoms with Crippen LogP contribution in [0.25, 0.3) is 0 Å². The van der Waals surface area contributed by atoms with Crippen molar-refractivity contribution in [3.05, 3.63) is 29.6 Å². The second-order valence-electron chi connectivity index (χ2n) is 3.53. The molecule has 17 heavy (non-hydrogen) atoms. The average Bonchev–Trinajstić information content (AvgIpc) is 2.34. The molecule has 0 aliphatic carbocycles. The summed E-state index contributed by atoms with van der Waals surface area (Å²) in [6, 6.07) is 4.64. The number of thioether (sulfide) groups is 1. The lowest BCUT2D eigenvalue weighted by Gasteiger charge is -2.21. The highest BCUT2D eigenvalue weighted by Crippen LogP contribution is 2.22. The minimum atomic E-state index is -0.492. The van der Waals surface area contributed by atoms with Gasteiger partial charge in [0, 0.05) is 19.3 Å². The van der Waals surface area contributed by atoms with Gasteiger partial charge in [-0.3, -0.25) is 0 Å². The van der Waals surface area contributed by atoms with E-state index in [2.05, 4.69) is 5.16 Å². The van der Waals surface area contributed by atoms with Crippen LogP contribution in [0.2, 0.25) is 0 Å². The van der Waals surface area contributed by atoms with Crippen molar-refractivity contribution in [3.8, 4) is 0 Å². The summed E-state index contributed by atoms with van der Waals surface area (Å²) < 4.78 is 13.7. The highest BCUT2D eigenvalue weighted by atomic mass is 32.2. The lowest BCUT2D eigenvalue weighted by atomic mass is 10.1. The van der Waals surface area contributed by atoms with Crippen LogP contribution in [0.15, 0.2) is 23.4 Å². The zero-order chi connectivity index (χ0) is 12.8. The van der Waals surface area contributed by atoms with Gasteiger partial charge in [0.1, 0.15) is 5.82 Å². The molecule has 94 valence electrons. The van der Waals surface area contributed by atoms with Gasteiger partial charge in [0.05, 0.1) is 11.3 Å². The number of hydrogen-bond acceptors (Lipinski definition) is 4. The predicted molar refractivity (Wildman–Crippen MR) is 70.6 cm³/mol. The molecule has 0 bridgehead atoms. The molecule has 0 amide bonds. The number of rotatable bonds is 5. The molecule has 0 saturated heterocycles. The van der Waals surface area contributed by atoms with Crippen molar-refractivity contribution in [2.75, 3.05) is 30.5 Å². The van der Waals surface area contributed by atoms with Gasteiger partial charge in [-0.25, -0.2) is 4.39 Å². The monoisotopic (exact) mass is 257 g/mol. The Hall–Kier alpha value is -1.43. The molecule has 0 heterocycles. The molecule has 0 radical (unpaired) electrons. The molecule has 0 aliphatic heterocycles. The highest BCUT2D eigenvalue weighted by molar-refractivity contribution is 7.98. The molecule has 1 aromatic rings. The molecule has 0 fully saturated rings. The van der Waals surface area contributed by atoms with Gasteiger partial charge in [-0.15, -0.1) is 0 Å². The molecular weight excluding hydrogens is 241 g/mol. The third-order valence-electron chi connectivity index (χ3n) is 2.40. The van der Waals surface area contributed by atoms with E-state index in [1.807, 2.05) is 18.2 Å². The minimum absolute atomic E-state index is 0.138. The fraction of sp³-hybridized carbons (Fsp3) is 0.364. The summed E-state index contributed by atoms with van der Waals surface area (Å²) in [5, 5.41) is 11.5. The molecule has 0 spiro atoms. The van der Waals surface area contributed by atoms with Gasteiger partial charge in [-0.1, -0.05) is 11.2 Å². The highest BCUT2D eigenvalue weighted by Gasteiger charge is 2.15. The van der Waals surface area contributed by atoms with Gasteiger partial charge in [0.2, 0.25) is 0 Å². The van der Waals surface area contributed by atoms with E-state index < -0.39 is 5.82 Å². The normalized spacial score (nSPS) is 11.6. The van der Waals surface area contributed by atoms with Crippen LogP contribution in [-0.4, -0.2) is 36.6 Å². The summed E-state index contributed by atoms with van der Waals surface area (Å²) >= 11 is 1.70. The predicted octanol–water partition coefficient (Wildman–Crippen LogP) is 1.72. The van der Waals surface area contributed by atoms with E-state index in [0.29, 0.717) is 5.69 Å². The van der Waals surface area contributed by atoms with Crippen LogP contribution in [0.4, 0.5) is 10.1 Å². The third kappa shape index (κ3) is 3.26. The number of amidine groups is 1. The largest absolute Gasteiger partial charge is 0.409 e. The van der Waals surface area contributed by atoms with Crippen molar-refractivity contribution in [1.29, 1.82) is 0 Å². The van der Waals surface area contributed by atoms with Gasteiger partial charge in [0.25, 0.3) is 0 Å². The number of halogens is 1. The summed E-state index contributed by atoms with van der Waals surface area (Å²) in [5.74, 6) is 0.214. The maximum atomic E-state index is 13.7. The van der Waals surface area contributed by atoms with Crippen LogP contribution in [0.5, 0.6) is 0 Å². The number of oxime groups is 1. The Kier molecular flexibility index (Phi) is 5.09. The van der Waals surface area contributed by atoms with Crippen LogP contribution in [0.3, 0.4) is 0 Å². The average molecular weight is 257 g/mol. The van der Waals surface area contributed by atoms with E-state index in [9.17, 15) is 4.39 Å². The fourth-order valence-corrected chi connectivity index (χ4v) is 1.94. The number of anilines is 1.